The number of para-hydroxylation sites is 3. The summed E-state index contributed by atoms with van der Waals surface area (Å²) in [6.07, 6.45) is 6.02. The van der Waals surface area contributed by atoms with Gasteiger partial charge in [0.05, 0.1) is 18.8 Å². The van der Waals surface area contributed by atoms with Crippen LogP contribution in [0.15, 0.2) is 78.9 Å². The number of ether oxygens (including phenoxy) is 3. The molecule has 6 heteroatoms. The van der Waals surface area contributed by atoms with E-state index in [1.807, 2.05) is 78.9 Å². The normalized spacial score (nSPS) is 10.4. The summed E-state index contributed by atoms with van der Waals surface area (Å²) in [4.78, 5) is 12.5. The van der Waals surface area contributed by atoms with Crippen LogP contribution in [0.1, 0.15) is 39.0 Å². The molecule has 0 saturated carbocycles. The molecule has 0 aromatic heterocycles. The van der Waals surface area contributed by atoms with Crippen molar-refractivity contribution < 1.29 is 19.0 Å². The molecular formula is C29H36N2O4. The molecule has 186 valence electrons. The Kier molecular flexibility index (Phi) is 11.3. The van der Waals surface area contributed by atoms with E-state index in [2.05, 4.69) is 17.6 Å². The number of anilines is 2. The van der Waals surface area contributed by atoms with Crippen LogP contribution in [-0.4, -0.2) is 32.3 Å². The number of nitrogens with one attached hydrogen (secondary N) is 2. The van der Waals surface area contributed by atoms with Crippen LogP contribution in [0, 0.1) is 0 Å². The second kappa shape index (κ2) is 15.3. The molecule has 0 aliphatic carbocycles. The molecule has 0 saturated heterocycles. The molecule has 0 aliphatic heterocycles. The summed E-state index contributed by atoms with van der Waals surface area (Å²) in [5.74, 6) is 2.04. The monoisotopic (exact) mass is 476 g/mol. The number of benzene rings is 3. The molecule has 0 radical (unpaired) electrons. The Morgan fingerprint density at radius 2 is 1.43 bits per heavy atom. The molecule has 0 atom stereocenters. The molecule has 0 heterocycles. The van der Waals surface area contributed by atoms with Gasteiger partial charge in [0, 0.05) is 11.8 Å². The van der Waals surface area contributed by atoms with Crippen LogP contribution >= 0.6 is 0 Å². The van der Waals surface area contributed by atoms with E-state index in [4.69, 9.17) is 14.2 Å². The Balaban J connectivity index is 1.40. The lowest BCUT2D eigenvalue weighted by Crippen LogP contribution is -2.22. The van der Waals surface area contributed by atoms with Crippen LogP contribution < -0.4 is 24.8 Å². The van der Waals surface area contributed by atoms with Crippen LogP contribution in [0.2, 0.25) is 0 Å². The summed E-state index contributed by atoms with van der Waals surface area (Å²) in [7, 11) is 0. The molecular weight excluding hydrogens is 440 g/mol. The maximum atomic E-state index is 12.5. The Hall–Kier alpha value is -3.67. The van der Waals surface area contributed by atoms with Crippen molar-refractivity contribution in [2.75, 3.05) is 37.0 Å². The van der Waals surface area contributed by atoms with Crippen molar-refractivity contribution >= 4 is 17.3 Å². The first kappa shape index (κ1) is 25.9. The van der Waals surface area contributed by atoms with Gasteiger partial charge in [0.15, 0.2) is 0 Å². The molecule has 0 aliphatic rings. The summed E-state index contributed by atoms with van der Waals surface area (Å²) in [5.41, 5.74) is 1.46. The van der Waals surface area contributed by atoms with Crippen LogP contribution in [0.4, 0.5) is 11.4 Å². The lowest BCUT2D eigenvalue weighted by atomic mass is 10.2. The predicted molar refractivity (Wildman–Crippen MR) is 142 cm³/mol. The quantitative estimate of drug-likeness (QED) is 0.230. The molecule has 3 rings (SSSR count). The van der Waals surface area contributed by atoms with Gasteiger partial charge in [-0.1, -0.05) is 69.0 Å². The predicted octanol–water partition coefficient (Wildman–Crippen LogP) is 6.54. The minimum absolute atomic E-state index is 0.131. The maximum Gasteiger partial charge on any atom is 0.243 e. The highest BCUT2D eigenvalue weighted by atomic mass is 16.5. The van der Waals surface area contributed by atoms with Gasteiger partial charge in [-0.3, -0.25) is 4.79 Å². The summed E-state index contributed by atoms with van der Waals surface area (Å²) >= 11 is 0. The second-order valence-electron chi connectivity index (χ2n) is 8.20. The van der Waals surface area contributed by atoms with Gasteiger partial charge in [0.2, 0.25) is 5.91 Å². The Bertz CT molecular complexity index is 1010. The van der Waals surface area contributed by atoms with Crippen LogP contribution in [-0.2, 0) is 4.79 Å². The van der Waals surface area contributed by atoms with Gasteiger partial charge < -0.3 is 24.8 Å². The molecule has 0 spiro atoms. The van der Waals surface area contributed by atoms with Crippen LogP contribution in [0.3, 0.4) is 0 Å². The third-order valence-electron chi connectivity index (χ3n) is 5.32. The zero-order valence-corrected chi connectivity index (χ0v) is 20.5. The topological polar surface area (TPSA) is 68.8 Å². The fourth-order valence-electron chi connectivity index (χ4n) is 3.49. The number of hydrogen-bond acceptors (Lipinski definition) is 5. The molecule has 2 N–H and O–H groups in total. The fourth-order valence-corrected chi connectivity index (χ4v) is 3.49. The maximum absolute atomic E-state index is 12.5. The third kappa shape index (κ3) is 10.0. The van der Waals surface area contributed by atoms with Crippen molar-refractivity contribution in [1.82, 2.24) is 0 Å². The van der Waals surface area contributed by atoms with Crippen molar-refractivity contribution in [3.8, 4) is 17.2 Å². The van der Waals surface area contributed by atoms with Crippen molar-refractivity contribution in [3.63, 3.8) is 0 Å². The number of carbonyl (C=O) groups is 1. The van der Waals surface area contributed by atoms with E-state index >= 15 is 0 Å². The molecule has 0 fully saturated rings. The van der Waals surface area contributed by atoms with E-state index in [9.17, 15) is 4.79 Å². The molecule has 35 heavy (non-hydrogen) atoms. The average Bonchev–Trinajstić information content (AvgIpc) is 2.89. The smallest absolute Gasteiger partial charge is 0.243 e. The first-order valence-corrected chi connectivity index (χ1v) is 12.4. The van der Waals surface area contributed by atoms with E-state index in [0.29, 0.717) is 31.3 Å². The number of hydrogen-bond donors (Lipinski definition) is 2. The van der Waals surface area contributed by atoms with Gasteiger partial charge >= 0.3 is 0 Å². The highest BCUT2D eigenvalue weighted by Crippen LogP contribution is 2.24. The average molecular weight is 477 g/mol. The highest BCUT2D eigenvalue weighted by molar-refractivity contribution is 5.95. The van der Waals surface area contributed by atoms with Gasteiger partial charge in [-0.25, -0.2) is 0 Å². The van der Waals surface area contributed by atoms with Crippen molar-refractivity contribution in [1.29, 1.82) is 0 Å². The largest absolute Gasteiger partial charge is 0.494 e. The lowest BCUT2D eigenvalue weighted by Gasteiger charge is -2.14. The minimum Gasteiger partial charge on any atom is -0.494 e. The van der Waals surface area contributed by atoms with Gasteiger partial charge in [-0.05, 0) is 42.8 Å². The third-order valence-corrected chi connectivity index (χ3v) is 5.32. The zero-order valence-electron chi connectivity index (χ0n) is 20.5. The van der Waals surface area contributed by atoms with Crippen LogP contribution in [0.5, 0.6) is 17.2 Å². The summed E-state index contributed by atoms with van der Waals surface area (Å²) in [6.45, 7) is 3.83. The number of rotatable bonds is 16. The van der Waals surface area contributed by atoms with Crippen LogP contribution in [0.25, 0.3) is 0 Å². The summed E-state index contributed by atoms with van der Waals surface area (Å²) in [6, 6.07) is 24.7. The number of carbonyl (C=O) groups excluding carboxylic acids is 1. The molecule has 0 unspecified atom stereocenters. The zero-order chi connectivity index (χ0) is 24.6. The van der Waals surface area contributed by atoms with Gasteiger partial charge in [0.1, 0.15) is 30.5 Å². The number of unbranched alkanes of at least 4 members (excludes halogenated alkanes) is 4. The van der Waals surface area contributed by atoms with Crippen molar-refractivity contribution in [2.24, 2.45) is 0 Å². The van der Waals surface area contributed by atoms with Gasteiger partial charge in [-0.2, -0.15) is 0 Å². The molecule has 6 nitrogen and oxygen atoms in total. The van der Waals surface area contributed by atoms with E-state index in [1.165, 1.54) is 25.7 Å². The van der Waals surface area contributed by atoms with E-state index in [0.717, 1.165) is 23.6 Å². The first-order chi connectivity index (χ1) is 17.2. The van der Waals surface area contributed by atoms with Gasteiger partial charge in [-0.15, -0.1) is 0 Å². The Morgan fingerprint density at radius 1 is 0.714 bits per heavy atom. The molecule has 3 aromatic rings. The fraction of sp³-hybridized carbons (Fsp3) is 0.345. The Morgan fingerprint density at radius 3 is 2.29 bits per heavy atom. The second-order valence-corrected chi connectivity index (χ2v) is 8.20. The number of amides is 1. The van der Waals surface area contributed by atoms with Crippen molar-refractivity contribution in [2.45, 2.75) is 39.0 Å². The highest BCUT2D eigenvalue weighted by Gasteiger charge is 2.08. The minimum atomic E-state index is -0.163. The molecule has 1 amide bonds. The van der Waals surface area contributed by atoms with E-state index in [-0.39, 0.29) is 12.5 Å². The first-order valence-electron chi connectivity index (χ1n) is 12.4. The Labute approximate surface area is 208 Å². The van der Waals surface area contributed by atoms with Gasteiger partial charge in [0.25, 0.3) is 0 Å². The van der Waals surface area contributed by atoms with E-state index < -0.39 is 0 Å². The molecule has 3 aromatic carbocycles. The lowest BCUT2D eigenvalue weighted by molar-refractivity contribution is -0.114. The standard InChI is InChI=1S/C29H36N2O4/c1-2-3-4-5-11-19-33-26-16-12-13-24(22-26)30-23-29(32)31-27-17-9-10-18-28(27)35-21-20-34-25-14-7-6-8-15-25/h6-10,12-18,22,30H,2-5,11,19-21,23H2,1H3,(H,31,32). The van der Waals surface area contributed by atoms with E-state index in [1.54, 1.807) is 0 Å². The molecule has 0 bridgehead atoms. The SMILES string of the molecule is CCCCCCCOc1cccc(NCC(=O)Nc2ccccc2OCCOc2ccccc2)c1. The summed E-state index contributed by atoms with van der Waals surface area (Å²) < 4.78 is 17.3. The summed E-state index contributed by atoms with van der Waals surface area (Å²) in [5, 5.41) is 6.07. The van der Waals surface area contributed by atoms with Crippen molar-refractivity contribution in [3.05, 3.63) is 78.9 Å².